The quantitative estimate of drug-likeness (QED) is 0.925. The second kappa shape index (κ2) is 7.00. The van der Waals surface area contributed by atoms with Gasteiger partial charge in [-0.3, -0.25) is 4.90 Å². The van der Waals surface area contributed by atoms with Crippen molar-refractivity contribution in [3.8, 4) is 11.3 Å². The first-order valence-electron chi connectivity index (χ1n) is 9.44. The summed E-state index contributed by atoms with van der Waals surface area (Å²) in [4.78, 5) is 13.8. The van der Waals surface area contributed by atoms with Gasteiger partial charge in [0.25, 0.3) is 0 Å². The van der Waals surface area contributed by atoms with Gasteiger partial charge in [-0.1, -0.05) is 18.2 Å². The first-order valence-corrected chi connectivity index (χ1v) is 9.44. The second-order valence-corrected chi connectivity index (χ2v) is 7.21. The second-order valence-electron chi connectivity index (χ2n) is 7.21. The van der Waals surface area contributed by atoms with E-state index in [2.05, 4.69) is 57.0 Å². The molecule has 2 aliphatic heterocycles. The zero-order valence-corrected chi connectivity index (χ0v) is 15.0. The minimum absolute atomic E-state index is 0.359. The van der Waals surface area contributed by atoms with E-state index in [0.717, 1.165) is 30.2 Å². The van der Waals surface area contributed by atoms with Gasteiger partial charge in [0.05, 0.1) is 5.69 Å². The van der Waals surface area contributed by atoms with Crippen molar-refractivity contribution in [1.82, 2.24) is 14.9 Å². The van der Waals surface area contributed by atoms with E-state index in [-0.39, 0.29) is 0 Å². The highest BCUT2D eigenvalue weighted by Gasteiger charge is 2.20. The van der Waals surface area contributed by atoms with E-state index in [1.165, 1.54) is 44.3 Å². The predicted octanol–water partition coefficient (Wildman–Crippen LogP) is 3.48. The zero-order chi connectivity index (χ0) is 17.2. The molecule has 0 aliphatic carbocycles. The van der Waals surface area contributed by atoms with Gasteiger partial charge in [0.1, 0.15) is 5.82 Å². The molecule has 2 aliphatic rings. The molecule has 1 aromatic heterocycles. The van der Waals surface area contributed by atoms with E-state index in [9.17, 15) is 0 Å². The molecule has 5 nitrogen and oxygen atoms in total. The lowest BCUT2D eigenvalue weighted by molar-refractivity contribution is 0.263. The van der Waals surface area contributed by atoms with Crippen LogP contribution in [-0.4, -0.2) is 41.0 Å². The fourth-order valence-electron chi connectivity index (χ4n) is 4.01. The average molecular weight is 337 g/mol. The summed E-state index contributed by atoms with van der Waals surface area (Å²) in [6, 6.07) is 11.3. The lowest BCUT2D eigenvalue weighted by Crippen LogP contribution is -2.23. The number of hydrogen-bond donors (Lipinski definition) is 1. The molecule has 2 saturated heterocycles. The molecule has 25 heavy (non-hydrogen) atoms. The maximum Gasteiger partial charge on any atom is 0.222 e. The Balaban J connectivity index is 1.64. The van der Waals surface area contributed by atoms with Crippen LogP contribution in [0.1, 0.15) is 44.2 Å². The van der Waals surface area contributed by atoms with Crippen molar-refractivity contribution in [2.24, 2.45) is 0 Å². The summed E-state index contributed by atoms with van der Waals surface area (Å²) in [6.07, 6.45) is 5.07. The number of nitrogens with two attached hydrogens (primary N) is 1. The predicted molar refractivity (Wildman–Crippen MR) is 103 cm³/mol. The summed E-state index contributed by atoms with van der Waals surface area (Å²) < 4.78 is 0. The molecule has 0 spiro atoms. The van der Waals surface area contributed by atoms with Crippen LogP contribution in [0.15, 0.2) is 30.3 Å². The van der Waals surface area contributed by atoms with Crippen molar-refractivity contribution in [2.45, 2.75) is 38.6 Å². The van der Waals surface area contributed by atoms with Gasteiger partial charge in [0.15, 0.2) is 0 Å². The average Bonchev–Trinajstić information content (AvgIpc) is 3.34. The summed E-state index contributed by atoms with van der Waals surface area (Å²) in [5.74, 6) is 1.32. The molecule has 0 amide bonds. The van der Waals surface area contributed by atoms with Crippen LogP contribution in [-0.2, 0) is 0 Å². The Hall–Kier alpha value is -2.14. The van der Waals surface area contributed by atoms with Crippen molar-refractivity contribution in [3.63, 3.8) is 0 Å². The number of likely N-dealkylation sites (tertiary alicyclic amines) is 1. The number of anilines is 2. The van der Waals surface area contributed by atoms with Gasteiger partial charge in [-0.2, -0.15) is 4.98 Å². The van der Waals surface area contributed by atoms with Crippen LogP contribution in [0.4, 0.5) is 11.8 Å². The van der Waals surface area contributed by atoms with E-state index < -0.39 is 0 Å². The fourth-order valence-corrected chi connectivity index (χ4v) is 4.01. The molecule has 0 saturated carbocycles. The third-order valence-corrected chi connectivity index (χ3v) is 5.51. The molecule has 132 valence electrons. The van der Waals surface area contributed by atoms with E-state index >= 15 is 0 Å². The monoisotopic (exact) mass is 337 g/mol. The van der Waals surface area contributed by atoms with E-state index in [1.54, 1.807) is 0 Å². The van der Waals surface area contributed by atoms with Crippen LogP contribution in [0, 0.1) is 0 Å². The fraction of sp³-hybridized carbons (Fsp3) is 0.500. The first kappa shape index (κ1) is 16.3. The minimum Gasteiger partial charge on any atom is -0.368 e. The number of nitrogens with zero attached hydrogens (tertiary/aromatic N) is 4. The molecule has 1 aromatic carbocycles. The normalized spacial score (nSPS) is 19.5. The maximum atomic E-state index is 6.00. The lowest BCUT2D eigenvalue weighted by atomic mass is 10.0. The Bertz CT molecular complexity index is 733. The summed E-state index contributed by atoms with van der Waals surface area (Å²) in [6.45, 7) is 6.81. The Kier molecular flexibility index (Phi) is 4.57. The summed E-state index contributed by atoms with van der Waals surface area (Å²) in [5, 5.41) is 0. The first-order chi connectivity index (χ1) is 12.2. The van der Waals surface area contributed by atoms with Crippen molar-refractivity contribution in [1.29, 1.82) is 0 Å². The largest absolute Gasteiger partial charge is 0.368 e. The minimum atomic E-state index is 0.359. The molecule has 2 aromatic rings. The van der Waals surface area contributed by atoms with Crippen LogP contribution >= 0.6 is 0 Å². The summed E-state index contributed by atoms with van der Waals surface area (Å²) in [7, 11) is 0. The number of aromatic nitrogens is 2. The topological polar surface area (TPSA) is 58.3 Å². The van der Waals surface area contributed by atoms with Crippen LogP contribution in [0.25, 0.3) is 11.3 Å². The van der Waals surface area contributed by atoms with Gasteiger partial charge in [0, 0.05) is 30.8 Å². The molecule has 0 bridgehead atoms. The Morgan fingerprint density at radius 2 is 1.68 bits per heavy atom. The van der Waals surface area contributed by atoms with Gasteiger partial charge in [-0.25, -0.2) is 4.98 Å². The summed E-state index contributed by atoms with van der Waals surface area (Å²) >= 11 is 0. The highest BCUT2D eigenvalue weighted by molar-refractivity contribution is 5.65. The maximum absolute atomic E-state index is 6.00. The lowest BCUT2D eigenvalue weighted by Gasteiger charge is -2.24. The van der Waals surface area contributed by atoms with Gasteiger partial charge >= 0.3 is 0 Å². The van der Waals surface area contributed by atoms with E-state index in [0.29, 0.717) is 12.0 Å². The molecule has 3 heterocycles. The zero-order valence-electron chi connectivity index (χ0n) is 15.0. The number of rotatable bonds is 4. The van der Waals surface area contributed by atoms with Crippen LogP contribution in [0.2, 0.25) is 0 Å². The van der Waals surface area contributed by atoms with Crippen molar-refractivity contribution in [2.75, 3.05) is 36.8 Å². The van der Waals surface area contributed by atoms with Gasteiger partial charge < -0.3 is 10.6 Å². The molecule has 1 atom stereocenters. The van der Waals surface area contributed by atoms with Crippen LogP contribution in [0.3, 0.4) is 0 Å². The van der Waals surface area contributed by atoms with Gasteiger partial charge in [-0.15, -0.1) is 0 Å². The number of hydrogen-bond acceptors (Lipinski definition) is 5. The smallest absolute Gasteiger partial charge is 0.222 e. The van der Waals surface area contributed by atoms with E-state index in [4.69, 9.17) is 5.73 Å². The number of nitrogen functional groups attached to an aromatic ring is 1. The SMILES string of the molecule is C[C@@H](c1cccc(-c2cc(N3CCCC3)nc(N)n2)c1)N1CCCC1. The highest BCUT2D eigenvalue weighted by atomic mass is 15.2. The molecular formula is C20H27N5. The van der Waals surface area contributed by atoms with Crippen LogP contribution in [0.5, 0.6) is 0 Å². The standard InChI is InChI=1S/C20H27N5/c1-15(24-9-2-3-10-24)16-7-6-8-17(13-16)18-14-19(23-20(21)22-18)25-11-4-5-12-25/h6-8,13-15H,2-5,9-12H2,1H3,(H2,21,22,23)/t15-/m0/s1. The Morgan fingerprint density at radius 1 is 0.960 bits per heavy atom. The number of benzene rings is 1. The Morgan fingerprint density at radius 3 is 2.44 bits per heavy atom. The molecule has 2 N–H and O–H groups in total. The third-order valence-electron chi connectivity index (χ3n) is 5.51. The Labute approximate surface area is 149 Å². The van der Waals surface area contributed by atoms with E-state index in [1.807, 2.05) is 0 Å². The van der Waals surface area contributed by atoms with Gasteiger partial charge in [0.2, 0.25) is 5.95 Å². The molecule has 4 rings (SSSR count). The van der Waals surface area contributed by atoms with Crippen molar-refractivity contribution in [3.05, 3.63) is 35.9 Å². The third kappa shape index (κ3) is 3.47. The van der Waals surface area contributed by atoms with Crippen molar-refractivity contribution >= 4 is 11.8 Å². The molecular weight excluding hydrogens is 310 g/mol. The van der Waals surface area contributed by atoms with Crippen LogP contribution < -0.4 is 10.6 Å². The van der Waals surface area contributed by atoms with Crippen molar-refractivity contribution < 1.29 is 0 Å². The molecule has 0 radical (unpaired) electrons. The highest BCUT2D eigenvalue weighted by Crippen LogP contribution is 2.29. The summed E-state index contributed by atoms with van der Waals surface area (Å²) in [5.41, 5.74) is 9.40. The molecule has 0 unspecified atom stereocenters. The molecule has 2 fully saturated rings. The van der Waals surface area contributed by atoms with Gasteiger partial charge in [-0.05, 0) is 57.3 Å². The molecule has 5 heteroatoms.